The normalized spacial score (nSPS) is 11.7. The van der Waals surface area contributed by atoms with Crippen LogP contribution in [0.4, 0.5) is 11.5 Å². The number of hydrogen-bond donors (Lipinski definition) is 2. The summed E-state index contributed by atoms with van der Waals surface area (Å²) in [5, 5.41) is 8.87. The van der Waals surface area contributed by atoms with E-state index in [2.05, 4.69) is 20.7 Å². The second kappa shape index (κ2) is 9.86. The summed E-state index contributed by atoms with van der Waals surface area (Å²) < 4.78 is 4.90. The van der Waals surface area contributed by atoms with Gasteiger partial charge in [0.1, 0.15) is 5.76 Å². The molecule has 1 atom stereocenters. The Bertz CT molecular complexity index is 720. The first-order valence-electron chi connectivity index (χ1n) is 8.34. The third kappa shape index (κ3) is 6.44. The van der Waals surface area contributed by atoms with Crippen molar-refractivity contribution >= 4 is 35.1 Å². The first-order chi connectivity index (χ1) is 12.5. The summed E-state index contributed by atoms with van der Waals surface area (Å²) in [7, 11) is 1.98. The zero-order valence-electron chi connectivity index (χ0n) is 15.2. The maximum Gasteiger partial charge on any atom is 0.238 e. The Morgan fingerprint density at radius 3 is 2.69 bits per heavy atom. The van der Waals surface area contributed by atoms with Gasteiger partial charge < -0.3 is 20.1 Å². The van der Waals surface area contributed by atoms with Gasteiger partial charge in [-0.15, -0.1) is 11.8 Å². The van der Waals surface area contributed by atoms with Gasteiger partial charge in [0.2, 0.25) is 11.8 Å². The van der Waals surface area contributed by atoms with Gasteiger partial charge in [0.25, 0.3) is 0 Å². The highest BCUT2D eigenvalue weighted by atomic mass is 32.2. The Hall–Kier alpha value is -2.48. The first kappa shape index (κ1) is 19.8. The van der Waals surface area contributed by atoms with Gasteiger partial charge in [0, 0.05) is 31.9 Å². The molecule has 0 aliphatic rings. The van der Waals surface area contributed by atoms with Crippen LogP contribution < -0.4 is 15.5 Å². The van der Waals surface area contributed by atoms with Gasteiger partial charge in [-0.3, -0.25) is 9.59 Å². The number of aryl methyl sites for hydroxylation is 1. The van der Waals surface area contributed by atoms with Crippen molar-refractivity contribution in [1.82, 2.24) is 10.5 Å². The van der Waals surface area contributed by atoms with Gasteiger partial charge in [-0.05, 0) is 26.0 Å². The van der Waals surface area contributed by atoms with Crippen LogP contribution in [0.5, 0.6) is 0 Å². The average molecular weight is 376 g/mol. The fourth-order valence-corrected chi connectivity index (χ4v) is 2.87. The number of nitrogens with one attached hydrogen (secondary N) is 2. The Morgan fingerprint density at radius 1 is 1.31 bits per heavy atom. The Kier molecular flexibility index (Phi) is 7.53. The van der Waals surface area contributed by atoms with E-state index in [9.17, 15) is 9.59 Å². The summed E-state index contributed by atoms with van der Waals surface area (Å²) in [4.78, 5) is 26.1. The quantitative estimate of drug-likeness (QED) is 0.698. The lowest BCUT2D eigenvalue weighted by molar-refractivity contribution is -0.118. The molecule has 140 valence electrons. The number of anilines is 2. The third-order valence-electron chi connectivity index (χ3n) is 3.68. The van der Waals surface area contributed by atoms with Crippen LogP contribution in [0.2, 0.25) is 0 Å². The van der Waals surface area contributed by atoms with Crippen molar-refractivity contribution in [2.45, 2.75) is 19.1 Å². The van der Waals surface area contributed by atoms with E-state index >= 15 is 0 Å². The predicted molar refractivity (Wildman–Crippen MR) is 105 cm³/mol. The smallest absolute Gasteiger partial charge is 0.238 e. The van der Waals surface area contributed by atoms with Crippen molar-refractivity contribution in [3.8, 4) is 0 Å². The predicted octanol–water partition coefficient (Wildman–Crippen LogP) is 2.30. The molecular formula is C18H24N4O3S. The summed E-state index contributed by atoms with van der Waals surface area (Å²) in [6, 6.07) is 11.6. The van der Waals surface area contributed by atoms with Gasteiger partial charge >= 0.3 is 0 Å². The summed E-state index contributed by atoms with van der Waals surface area (Å²) in [5.74, 6) is 0.934. The lowest BCUT2D eigenvalue weighted by Crippen LogP contribution is -2.34. The Labute approximate surface area is 157 Å². The number of carbonyl (C=O) groups is 2. The largest absolute Gasteiger partial charge is 0.373 e. The zero-order chi connectivity index (χ0) is 18.9. The van der Waals surface area contributed by atoms with E-state index < -0.39 is 0 Å². The van der Waals surface area contributed by atoms with Crippen LogP contribution in [0.15, 0.2) is 40.9 Å². The van der Waals surface area contributed by atoms with E-state index in [0.717, 1.165) is 5.69 Å². The molecule has 7 nitrogen and oxygen atoms in total. The van der Waals surface area contributed by atoms with Crippen molar-refractivity contribution in [2.24, 2.45) is 0 Å². The van der Waals surface area contributed by atoms with Gasteiger partial charge in [0.15, 0.2) is 5.82 Å². The minimum absolute atomic E-state index is 0.0895. The van der Waals surface area contributed by atoms with Crippen LogP contribution in [0.1, 0.15) is 12.7 Å². The summed E-state index contributed by atoms with van der Waals surface area (Å²) in [5.41, 5.74) is 1.10. The third-order valence-corrected chi connectivity index (χ3v) is 4.82. The molecule has 0 spiro atoms. The molecule has 1 unspecified atom stereocenters. The summed E-state index contributed by atoms with van der Waals surface area (Å²) >= 11 is 1.28. The standard InChI is InChI=1S/C18H24N4O3S/c1-13-11-16(21-25-13)20-18(24)14(2)26-12-17(23)19-9-10-22(3)15-7-5-4-6-8-15/h4-8,11,14H,9-10,12H2,1-3H3,(H,19,23)(H,20,21,24). The molecule has 1 heterocycles. The number of amides is 2. The van der Waals surface area contributed by atoms with Gasteiger partial charge in [-0.25, -0.2) is 0 Å². The SMILES string of the molecule is Cc1cc(NC(=O)C(C)SCC(=O)NCCN(C)c2ccccc2)no1. The average Bonchev–Trinajstić information content (AvgIpc) is 3.05. The number of aromatic nitrogens is 1. The number of hydrogen-bond acceptors (Lipinski definition) is 6. The minimum Gasteiger partial charge on any atom is -0.373 e. The van der Waals surface area contributed by atoms with Crippen LogP contribution in [0, 0.1) is 6.92 Å². The van der Waals surface area contributed by atoms with E-state index in [1.54, 1.807) is 19.9 Å². The number of carbonyl (C=O) groups excluding carboxylic acids is 2. The monoisotopic (exact) mass is 376 g/mol. The van der Waals surface area contributed by atoms with Gasteiger partial charge in [-0.2, -0.15) is 0 Å². The molecule has 0 fully saturated rings. The number of likely N-dealkylation sites (N-methyl/N-ethyl adjacent to an activating group) is 1. The van der Waals surface area contributed by atoms with Crippen molar-refractivity contribution in [2.75, 3.05) is 36.1 Å². The van der Waals surface area contributed by atoms with E-state index in [0.29, 0.717) is 24.7 Å². The van der Waals surface area contributed by atoms with Crippen LogP contribution in [-0.2, 0) is 9.59 Å². The topological polar surface area (TPSA) is 87.5 Å². The maximum atomic E-state index is 12.0. The van der Waals surface area contributed by atoms with Crippen LogP contribution in [0.25, 0.3) is 0 Å². The van der Waals surface area contributed by atoms with E-state index in [4.69, 9.17) is 4.52 Å². The number of rotatable bonds is 9. The maximum absolute atomic E-state index is 12.0. The minimum atomic E-state index is -0.371. The molecule has 26 heavy (non-hydrogen) atoms. The van der Waals surface area contributed by atoms with Crippen LogP contribution >= 0.6 is 11.8 Å². The highest BCUT2D eigenvalue weighted by molar-refractivity contribution is 8.01. The van der Waals surface area contributed by atoms with Crippen LogP contribution in [0.3, 0.4) is 0 Å². The molecule has 0 saturated carbocycles. The summed E-state index contributed by atoms with van der Waals surface area (Å²) in [6.45, 7) is 4.76. The van der Waals surface area contributed by atoms with Gasteiger partial charge in [-0.1, -0.05) is 23.4 Å². The van der Waals surface area contributed by atoms with E-state index in [1.165, 1.54) is 11.8 Å². The molecule has 2 N–H and O–H groups in total. The van der Waals surface area contributed by atoms with E-state index in [1.807, 2.05) is 37.4 Å². The van der Waals surface area contributed by atoms with Crippen molar-refractivity contribution < 1.29 is 14.1 Å². The molecule has 8 heteroatoms. The lowest BCUT2D eigenvalue weighted by atomic mass is 10.3. The second-order valence-corrected chi connectivity index (χ2v) is 7.20. The molecule has 0 bridgehead atoms. The van der Waals surface area contributed by atoms with Crippen molar-refractivity contribution in [3.05, 3.63) is 42.2 Å². The highest BCUT2D eigenvalue weighted by Crippen LogP contribution is 2.14. The van der Waals surface area contributed by atoms with Gasteiger partial charge in [0.05, 0.1) is 11.0 Å². The fraction of sp³-hybridized carbons (Fsp3) is 0.389. The lowest BCUT2D eigenvalue weighted by Gasteiger charge is -2.19. The van der Waals surface area contributed by atoms with E-state index in [-0.39, 0.29) is 22.8 Å². The molecule has 2 aromatic rings. The number of benzene rings is 1. The highest BCUT2D eigenvalue weighted by Gasteiger charge is 2.16. The Balaban J connectivity index is 1.64. The van der Waals surface area contributed by atoms with Crippen molar-refractivity contribution in [3.63, 3.8) is 0 Å². The molecule has 0 radical (unpaired) electrons. The molecule has 1 aromatic heterocycles. The molecule has 1 aromatic carbocycles. The molecule has 2 rings (SSSR count). The number of nitrogens with zero attached hydrogens (tertiary/aromatic N) is 2. The first-order valence-corrected chi connectivity index (χ1v) is 9.39. The number of para-hydroxylation sites is 1. The molecule has 2 amide bonds. The summed E-state index contributed by atoms with van der Waals surface area (Å²) in [6.07, 6.45) is 0. The molecule has 0 aliphatic heterocycles. The zero-order valence-corrected chi connectivity index (χ0v) is 16.0. The molecule has 0 saturated heterocycles. The van der Waals surface area contributed by atoms with Crippen molar-refractivity contribution in [1.29, 1.82) is 0 Å². The fourth-order valence-electron chi connectivity index (χ4n) is 2.16. The van der Waals surface area contributed by atoms with Crippen LogP contribution in [-0.4, -0.2) is 48.1 Å². The molecule has 0 aliphatic carbocycles. The number of thioether (sulfide) groups is 1. The molecular weight excluding hydrogens is 352 g/mol. The Morgan fingerprint density at radius 2 is 2.04 bits per heavy atom. The second-order valence-electron chi connectivity index (χ2n) is 5.87.